The van der Waals surface area contributed by atoms with Crippen molar-refractivity contribution in [2.24, 2.45) is 10.2 Å². The Balaban J connectivity index is 0.000000311. The summed E-state index contributed by atoms with van der Waals surface area (Å²) in [7, 11) is 0. The van der Waals surface area contributed by atoms with E-state index in [1.165, 1.54) is 6.34 Å². The fourth-order valence-corrected chi connectivity index (χ4v) is 2.12. The highest BCUT2D eigenvalue weighted by Gasteiger charge is 2.29. The predicted molar refractivity (Wildman–Crippen MR) is 106 cm³/mol. The van der Waals surface area contributed by atoms with Crippen molar-refractivity contribution in [1.29, 1.82) is 5.53 Å². The number of nitrogens with one attached hydrogen (secondary N) is 1. The first-order chi connectivity index (χ1) is 14.0. The summed E-state index contributed by atoms with van der Waals surface area (Å²) in [6.45, 7) is -0.760. The molecule has 0 saturated carbocycles. The molecule has 0 bridgehead atoms. The van der Waals surface area contributed by atoms with E-state index in [9.17, 15) is 4.79 Å². The Morgan fingerprint density at radius 1 is 0.897 bits per heavy atom. The van der Waals surface area contributed by atoms with Gasteiger partial charge in [-0.3, -0.25) is 0 Å². The van der Waals surface area contributed by atoms with Crippen molar-refractivity contribution in [3.63, 3.8) is 0 Å². The first-order valence-corrected chi connectivity index (χ1v) is 8.53. The number of carbonyl (C=O) groups excluding carboxylic acids is 1. The van der Waals surface area contributed by atoms with Crippen LogP contribution < -0.4 is 5.01 Å². The van der Waals surface area contributed by atoms with Gasteiger partial charge < -0.3 is 30.3 Å². The second-order valence-corrected chi connectivity index (χ2v) is 5.70. The Hall–Kier alpha value is -3.02. The largest absolute Gasteiger partial charge is 0.394 e. The van der Waals surface area contributed by atoms with E-state index < -0.39 is 31.0 Å². The average Bonchev–Trinajstić information content (AvgIpc) is 2.79. The number of nitrogens with zero attached hydrogens (tertiary/aromatic N) is 3. The van der Waals surface area contributed by atoms with Crippen LogP contribution in [0.3, 0.4) is 0 Å². The van der Waals surface area contributed by atoms with Crippen LogP contribution in [-0.4, -0.2) is 69.2 Å². The molecule has 6 N–H and O–H groups in total. The molecule has 156 valence electrons. The summed E-state index contributed by atoms with van der Waals surface area (Å²) >= 11 is 0. The number of rotatable bonds is 9. The fraction of sp³-hybridized carbons (Fsp3) is 0.263. The van der Waals surface area contributed by atoms with Crippen molar-refractivity contribution in [2.45, 2.75) is 24.4 Å². The summed E-state index contributed by atoms with van der Waals surface area (Å²) in [6.07, 6.45) is -5.63. The van der Waals surface area contributed by atoms with Crippen molar-refractivity contribution < 1.29 is 30.3 Å². The average molecular weight is 404 g/mol. The van der Waals surface area contributed by atoms with Crippen molar-refractivity contribution in [3.8, 4) is 0 Å². The molecule has 2 rings (SSSR count). The van der Waals surface area contributed by atoms with Gasteiger partial charge in [-0.05, 0) is 24.3 Å². The van der Waals surface area contributed by atoms with Gasteiger partial charge in [0.2, 0.25) is 0 Å². The van der Waals surface area contributed by atoms with Crippen molar-refractivity contribution in [2.75, 3.05) is 11.6 Å². The maximum absolute atomic E-state index is 9.90. The Morgan fingerprint density at radius 3 is 1.76 bits per heavy atom. The third kappa shape index (κ3) is 7.86. The zero-order chi connectivity index (χ0) is 21.6. The van der Waals surface area contributed by atoms with Gasteiger partial charge >= 0.3 is 0 Å². The number of aliphatic hydroxyl groups is 5. The molecule has 0 amide bonds. The lowest BCUT2D eigenvalue weighted by Gasteiger charge is -2.22. The maximum atomic E-state index is 9.90. The molecular formula is C19H24N4O6. The zero-order valence-corrected chi connectivity index (χ0v) is 15.4. The molecule has 4 atom stereocenters. The molecule has 0 aromatic heterocycles. The summed E-state index contributed by atoms with van der Waals surface area (Å²) in [5.74, 6) is 0. The number of benzene rings is 2. The third-order valence-electron chi connectivity index (χ3n) is 3.65. The predicted octanol–water partition coefficient (Wildman–Crippen LogP) is 0.420. The first-order valence-electron chi connectivity index (χ1n) is 8.53. The molecule has 0 heterocycles. The van der Waals surface area contributed by atoms with E-state index in [1.54, 1.807) is 5.01 Å². The van der Waals surface area contributed by atoms with Gasteiger partial charge in [0, 0.05) is 0 Å². The summed E-state index contributed by atoms with van der Waals surface area (Å²) in [5.41, 5.74) is 8.63. The lowest BCUT2D eigenvalue weighted by molar-refractivity contribution is -0.136. The number of aliphatic hydroxyl groups excluding tert-OH is 5. The molecule has 0 radical (unpaired) electrons. The molecule has 2 aromatic rings. The Bertz CT molecular complexity index is 707. The van der Waals surface area contributed by atoms with Gasteiger partial charge in [0.1, 0.15) is 24.4 Å². The molecule has 29 heavy (non-hydrogen) atoms. The minimum atomic E-state index is -1.79. The second kappa shape index (κ2) is 13.2. The van der Waals surface area contributed by atoms with Gasteiger partial charge in [-0.2, -0.15) is 5.10 Å². The number of anilines is 2. The summed E-state index contributed by atoms with van der Waals surface area (Å²) < 4.78 is 0. The van der Waals surface area contributed by atoms with E-state index in [-0.39, 0.29) is 6.29 Å². The highest BCUT2D eigenvalue weighted by Crippen LogP contribution is 2.24. The van der Waals surface area contributed by atoms with E-state index in [0.717, 1.165) is 11.4 Å². The zero-order valence-electron chi connectivity index (χ0n) is 15.4. The van der Waals surface area contributed by atoms with Crippen LogP contribution in [-0.2, 0) is 4.79 Å². The van der Waals surface area contributed by atoms with Crippen LogP contribution in [0, 0.1) is 5.53 Å². The molecule has 0 aliphatic rings. The summed E-state index contributed by atoms with van der Waals surface area (Å²) in [4.78, 5) is 9.90. The van der Waals surface area contributed by atoms with Gasteiger partial charge in [0.05, 0.1) is 18.0 Å². The third-order valence-corrected chi connectivity index (χ3v) is 3.65. The smallest absolute Gasteiger partial charge is 0.158 e. The maximum Gasteiger partial charge on any atom is 0.158 e. The van der Waals surface area contributed by atoms with Crippen LogP contribution in [0.2, 0.25) is 0 Å². The molecule has 2 aromatic carbocycles. The van der Waals surface area contributed by atoms with E-state index in [1.807, 2.05) is 60.7 Å². The summed E-state index contributed by atoms with van der Waals surface area (Å²) in [6, 6.07) is 19.5. The van der Waals surface area contributed by atoms with Crippen molar-refractivity contribution >= 4 is 24.0 Å². The van der Waals surface area contributed by atoms with Crippen LogP contribution >= 0.6 is 0 Å². The Kier molecular flexibility index (Phi) is 10.9. The minimum absolute atomic E-state index is 0.0258. The van der Waals surface area contributed by atoms with Crippen LogP contribution in [0.1, 0.15) is 0 Å². The summed E-state index contributed by atoms with van der Waals surface area (Å²) in [5, 5.41) is 52.6. The van der Waals surface area contributed by atoms with Crippen LogP contribution in [0.5, 0.6) is 0 Å². The second-order valence-electron chi connectivity index (χ2n) is 5.70. The van der Waals surface area contributed by atoms with Crippen LogP contribution in [0.4, 0.5) is 11.4 Å². The molecule has 0 aliphatic carbocycles. The van der Waals surface area contributed by atoms with Gasteiger partial charge in [-0.1, -0.05) is 36.4 Å². The van der Waals surface area contributed by atoms with E-state index in [0.29, 0.717) is 0 Å². The molecule has 0 fully saturated rings. The normalized spacial score (nSPS) is 14.8. The standard InChI is InChI=1S/C13H12N4.C6H12O6/c14-15-11-16-17(12-7-3-1-4-8-12)13-9-5-2-6-10-13;7-1-3(9)5(11)6(12)4(10)2-8/h1-11,14H;1,3-6,8-12H,2H2/t;3-,4+,5+,6+/m.0/s1. The number of hydrogen-bond acceptors (Lipinski definition) is 9. The van der Waals surface area contributed by atoms with E-state index >= 15 is 0 Å². The molecule has 10 nitrogen and oxygen atoms in total. The van der Waals surface area contributed by atoms with Gasteiger partial charge in [-0.15, -0.1) is 5.11 Å². The van der Waals surface area contributed by atoms with Gasteiger partial charge in [0.25, 0.3) is 0 Å². The van der Waals surface area contributed by atoms with Crippen molar-refractivity contribution in [1.82, 2.24) is 0 Å². The quantitative estimate of drug-likeness (QED) is 0.116. The van der Waals surface area contributed by atoms with E-state index in [2.05, 4.69) is 10.2 Å². The molecule has 0 aliphatic heterocycles. The van der Waals surface area contributed by atoms with Gasteiger partial charge in [0.15, 0.2) is 12.6 Å². The van der Waals surface area contributed by atoms with Crippen molar-refractivity contribution in [3.05, 3.63) is 60.7 Å². The topological polar surface area (TPSA) is 170 Å². The SMILES string of the molecule is N=NC=NN(c1ccccc1)c1ccccc1.O=C[C@H](O)[C@@H](O)[C@H](O)[C@H](O)CO. The minimum Gasteiger partial charge on any atom is -0.394 e. The van der Waals surface area contributed by atoms with Crippen LogP contribution in [0.15, 0.2) is 70.9 Å². The molecule has 0 saturated heterocycles. The molecule has 0 unspecified atom stereocenters. The number of hydrazone groups is 1. The molecular weight excluding hydrogens is 380 g/mol. The Morgan fingerprint density at radius 2 is 1.38 bits per heavy atom. The number of hydrogen-bond donors (Lipinski definition) is 6. The highest BCUT2D eigenvalue weighted by molar-refractivity contribution is 5.66. The fourth-order valence-electron chi connectivity index (χ4n) is 2.12. The molecule has 10 heteroatoms. The highest BCUT2D eigenvalue weighted by atomic mass is 16.4. The lowest BCUT2D eigenvalue weighted by atomic mass is 10.0. The number of carbonyl (C=O) groups is 1. The number of para-hydroxylation sites is 2. The first kappa shape index (κ1) is 24.0. The van der Waals surface area contributed by atoms with Gasteiger partial charge in [-0.25, -0.2) is 10.5 Å². The van der Waals surface area contributed by atoms with Crippen LogP contribution in [0.25, 0.3) is 0 Å². The van der Waals surface area contributed by atoms with E-state index in [4.69, 9.17) is 31.1 Å². The number of aldehydes is 1. The lowest BCUT2D eigenvalue weighted by Crippen LogP contribution is -2.46. The Labute approximate surface area is 167 Å². The molecule has 0 spiro atoms. The monoisotopic (exact) mass is 404 g/mol.